The zero-order chi connectivity index (χ0) is 20.3. The number of nitrogens with one attached hydrogen (secondary N) is 1. The van der Waals surface area contributed by atoms with Crippen LogP contribution < -0.4 is 5.56 Å². The fourth-order valence-corrected chi connectivity index (χ4v) is 3.27. The first-order valence-corrected chi connectivity index (χ1v) is 9.48. The second kappa shape index (κ2) is 7.51. The van der Waals surface area contributed by atoms with E-state index < -0.39 is 10.0 Å². The van der Waals surface area contributed by atoms with E-state index >= 15 is 0 Å². The summed E-state index contributed by atoms with van der Waals surface area (Å²) in [5.74, 6) is 0. The number of nitrogens with zero attached hydrogens (tertiary/aromatic N) is 6. The van der Waals surface area contributed by atoms with Gasteiger partial charge in [0.15, 0.2) is 5.69 Å². The standard InChI is InChI=1S/C17H15N7O3S/c1-11-10-14(28(26,27)23-22-18)8-9-15(11)19-20-16-12(2)21-24(17(16)25)13-6-4-3-5-7-13/h3-10,21H,1-2H3. The van der Waals surface area contributed by atoms with Gasteiger partial charge in [-0.25, -0.2) is 13.1 Å². The van der Waals surface area contributed by atoms with Crippen molar-refractivity contribution in [2.45, 2.75) is 18.7 Å². The molecule has 0 aliphatic rings. The van der Waals surface area contributed by atoms with Crippen molar-refractivity contribution in [1.29, 1.82) is 0 Å². The van der Waals surface area contributed by atoms with Gasteiger partial charge < -0.3 is 0 Å². The Morgan fingerprint density at radius 2 is 1.79 bits per heavy atom. The summed E-state index contributed by atoms with van der Waals surface area (Å²) in [7, 11) is -4.08. The fourth-order valence-electron chi connectivity index (χ4n) is 2.51. The molecule has 3 aromatic rings. The Labute approximate surface area is 159 Å². The average molecular weight is 397 g/mol. The molecule has 10 nitrogen and oxygen atoms in total. The van der Waals surface area contributed by atoms with Crippen LogP contribution in [0.15, 0.2) is 73.0 Å². The van der Waals surface area contributed by atoms with E-state index in [0.29, 0.717) is 22.6 Å². The predicted molar refractivity (Wildman–Crippen MR) is 103 cm³/mol. The van der Waals surface area contributed by atoms with Gasteiger partial charge in [0.2, 0.25) is 0 Å². The number of aromatic nitrogens is 2. The van der Waals surface area contributed by atoms with Gasteiger partial charge in [-0.2, -0.15) is 5.11 Å². The summed E-state index contributed by atoms with van der Waals surface area (Å²) in [5, 5.41) is 11.1. The molecule has 1 N–H and O–H groups in total. The van der Waals surface area contributed by atoms with Crippen molar-refractivity contribution < 1.29 is 8.42 Å². The summed E-state index contributed by atoms with van der Waals surface area (Å²) in [6.07, 6.45) is 0. The highest BCUT2D eigenvalue weighted by Crippen LogP contribution is 2.25. The lowest BCUT2D eigenvalue weighted by atomic mass is 10.2. The number of benzene rings is 2. The van der Waals surface area contributed by atoms with E-state index in [1.807, 2.05) is 18.2 Å². The molecule has 142 valence electrons. The number of sulfonamides is 1. The van der Waals surface area contributed by atoms with E-state index in [-0.39, 0.29) is 16.1 Å². The van der Waals surface area contributed by atoms with Gasteiger partial charge in [-0.15, -0.1) is 5.11 Å². The van der Waals surface area contributed by atoms with E-state index in [4.69, 9.17) is 5.53 Å². The third-order valence-corrected chi connectivity index (χ3v) is 5.06. The Hall–Kier alpha value is -3.69. The van der Waals surface area contributed by atoms with Gasteiger partial charge in [-0.3, -0.25) is 9.89 Å². The number of H-pyrrole nitrogens is 1. The quantitative estimate of drug-likeness (QED) is 0.391. The Morgan fingerprint density at radius 1 is 1.07 bits per heavy atom. The van der Waals surface area contributed by atoms with Gasteiger partial charge in [0.25, 0.3) is 15.6 Å². The molecule has 2 aromatic carbocycles. The summed E-state index contributed by atoms with van der Waals surface area (Å²) in [6, 6.07) is 13.1. The normalized spacial score (nSPS) is 11.5. The molecule has 11 heteroatoms. The molecule has 0 aliphatic heterocycles. The van der Waals surface area contributed by atoms with E-state index in [9.17, 15) is 13.2 Å². The van der Waals surface area contributed by atoms with Crippen LogP contribution in [0.3, 0.4) is 0 Å². The first-order valence-electron chi connectivity index (χ1n) is 8.04. The largest absolute Gasteiger partial charge is 0.299 e. The van der Waals surface area contributed by atoms with Crippen molar-refractivity contribution in [1.82, 2.24) is 9.78 Å². The van der Waals surface area contributed by atoms with Crippen LogP contribution >= 0.6 is 0 Å². The summed E-state index contributed by atoms with van der Waals surface area (Å²) < 4.78 is 27.7. The van der Waals surface area contributed by atoms with Crippen LogP contribution in [0.1, 0.15) is 11.3 Å². The van der Waals surface area contributed by atoms with Crippen LogP contribution in [0.5, 0.6) is 0 Å². The molecule has 28 heavy (non-hydrogen) atoms. The van der Waals surface area contributed by atoms with Gasteiger partial charge in [-0.1, -0.05) is 18.2 Å². The van der Waals surface area contributed by atoms with Crippen LogP contribution in [0, 0.1) is 13.8 Å². The number of hydrogen-bond acceptors (Lipinski definition) is 5. The number of azo groups is 1. The van der Waals surface area contributed by atoms with E-state index in [2.05, 4.69) is 24.8 Å². The van der Waals surface area contributed by atoms with E-state index in [1.165, 1.54) is 22.9 Å². The molecule has 0 atom stereocenters. The van der Waals surface area contributed by atoms with Crippen molar-refractivity contribution in [3.63, 3.8) is 0 Å². The van der Waals surface area contributed by atoms with Crippen LogP contribution in [0.25, 0.3) is 16.1 Å². The number of aryl methyl sites for hydroxylation is 2. The maximum absolute atomic E-state index is 12.6. The predicted octanol–water partition coefficient (Wildman–Crippen LogP) is 4.20. The molecule has 0 fully saturated rings. The molecule has 1 heterocycles. The van der Waals surface area contributed by atoms with Crippen LogP contribution in [0.2, 0.25) is 0 Å². The van der Waals surface area contributed by atoms with E-state index in [0.717, 1.165) is 0 Å². The van der Waals surface area contributed by atoms with Gasteiger partial charge in [-0.05, 0) is 55.3 Å². The van der Waals surface area contributed by atoms with Gasteiger partial charge in [0, 0.05) is 9.43 Å². The minimum absolute atomic E-state index is 0.147. The van der Waals surface area contributed by atoms with Gasteiger partial charge in [0.1, 0.15) is 0 Å². The highest BCUT2D eigenvalue weighted by molar-refractivity contribution is 7.90. The smallest absolute Gasteiger partial charge is 0.293 e. The van der Waals surface area contributed by atoms with Crippen molar-refractivity contribution in [3.05, 3.63) is 80.6 Å². The highest BCUT2D eigenvalue weighted by Gasteiger charge is 2.14. The monoisotopic (exact) mass is 397 g/mol. The second-order valence-electron chi connectivity index (χ2n) is 5.86. The van der Waals surface area contributed by atoms with Gasteiger partial charge >= 0.3 is 0 Å². The number of aromatic amines is 1. The highest BCUT2D eigenvalue weighted by atomic mass is 32.2. The molecule has 0 amide bonds. The molecule has 0 saturated carbocycles. The lowest BCUT2D eigenvalue weighted by Crippen LogP contribution is -2.13. The lowest BCUT2D eigenvalue weighted by molar-refractivity contribution is 0.597. The third kappa shape index (κ3) is 3.70. The minimum atomic E-state index is -4.08. The van der Waals surface area contributed by atoms with Crippen LogP contribution in [-0.4, -0.2) is 18.2 Å². The van der Waals surface area contributed by atoms with Gasteiger partial charge in [0.05, 0.1) is 22.0 Å². The number of hydrogen-bond donors (Lipinski definition) is 1. The van der Waals surface area contributed by atoms with Crippen LogP contribution in [-0.2, 0) is 10.0 Å². The van der Waals surface area contributed by atoms with Crippen LogP contribution in [0.4, 0.5) is 11.4 Å². The summed E-state index contributed by atoms with van der Waals surface area (Å²) >= 11 is 0. The minimum Gasteiger partial charge on any atom is -0.293 e. The molecule has 0 aliphatic carbocycles. The Balaban J connectivity index is 1.96. The second-order valence-corrected chi connectivity index (χ2v) is 7.44. The zero-order valence-electron chi connectivity index (χ0n) is 14.9. The topological polar surface area (TPSA) is 145 Å². The summed E-state index contributed by atoms with van der Waals surface area (Å²) in [5.41, 5.74) is 10.2. The maximum Gasteiger partial charge on any atom is 0.299 e. The van der Waals surface area contributed by atoms with Crippen molar-refractivity contribution in [3.8, 4) is 5.69 Å². The SMILES string of the molecule is Cc1cc(S(=O)(=O)N=[N+]=[N-])ccc1N=Nc1c(C)[nH]n(-c2ccccc2)c1=O. The molecule has 0 unspecified atom stereocenters. The number of para-hydroxylation sites is 1. The molecule has 0 saturated heterocycles. The Kier molecular flexibility index (Phi) is 5.12. The Bertz CT molecular complexity index is 1270. The van der Waals surface area contributed by atoms with Crippen molar-refractivity contribution in [2.75, 3.05) is 0 Å². The zero-order valence-corrected chi connectivity index (χ0v) is 15.8. The molecule has 1 aromatic heterocycles. The summed E-state index contributed by atoms with van der Waals surface area (Å²) in [6.45, 7) is 3.34. The first kappa shape index (κ1) is 19.1. The van der Waals surface area contributed by atoms with E-state index in [1.54, 1.807) is 26.0 Å². The third-order valence-electron chi connectivity index (χ3n) is 3.92. The molecule has 0 radical (unpaired) electrons. The molecule has 0 bridgehead atoms. The number of azide groups is 1. The lowest BCUT2D eigenvalue weighted by Gasteiger charge is -2.02. The molecule has 3 rings (SSSR count). The van der Waals surface area contributed by atoms with Crippen molar-refractivity contribution in [2.24, 2.45) is 14.7 Å². The first-order chi connectivity index (χ1) is 13.3. The molecule has 0 spiro atoms. The average Bonchev–Trinajstić information content (AvgIpc) is 2.95. The fraction of sp³-hybridized carbons (Fsp3) is 0.118. The summed E-state index contributed by atoms with van der Waals surface area (Å²) in [4.78, 5) is 14.8. The Morgan fingerprint density at radius 3 is 2.43 bits per heavy atom. The molecular formula is C17H15N7O3S. The molecular weight excluding hydrogens is 382 g/mol. The maximum atomic E-state index is 12.6. The van der Waals surface area contributed by atoms with Crippen molar-refractivity contribution >= 4 is 21.4 Å². The number of rotatable bonds is 5.